The maximum atomic E-state index is 2.34. The van der Waals surface area contributed by atoms with Crippen molar-refractivity contribution in [3.63, 3.8) is 0 Å². The Morgan fingerprint density at radius 1 is 0.417 bits per heavy atom. The number of hydrogen-bond acceptors (Lipinski definition) is 0. The third-order valence-electron chi connectivity index (χ3n) is 2.32. The fourth-order valence-corrected chi connectivity index (χ4v) is 1.54. The van der Waals surface area contributed by atoms with E-state index in [1.807, 2.05) is 0 Å². The summed E-state index contributed by atoms with van der Waals surface area (Å²) < 4.78 is 0. The molecule has 0 aromatic carbocycles. The third kappa shape index (κ3) is 5.17. The molecule has 0 radical (unpaired) electrons. The molecule has 0 aliphatic heterocycles. The van der Waals surface area contributed by atoms with Gasteiger partial charge in [0, 0.05) is 0 Å². The fourth-order valence-electron chi connectivity index (χ4n) is 1.54. The third-order valence-corrected chi connectivity index (χ3v) is 2.32. The van der Waals surface area contributed by atoms with Crippen molar-refractivity contribution < 1.29 is 0 Å². The minimum atomic E-state index is 1.23. The normalized spacial score (nSPS) is 24.0. The largest absolute Gasteiger partial charge is 0.0885 e. The first kappa shape index (κ1) is 9.57. The van der Waals surface area contributed by atoms with Crippen LogP contribution < -0.4 is 0 Å². The fraction of sp³-hybridized carbons (Fsp3) is 0.667. The molecule has 0 saturated heterocycles. The van der Waals surface area contributed by atoms with Crippen molar-refractivity contribution in [1.82, 2.24) is 0 Å². The van der Waals surface area contributed by atoms with E-state index in [4.69, 9.17) is 0 Å². The highest BCUT2D eigenvalue weighted by Crippen LogP contribution is 2.08. The van der Waals surface area contributed by atoms with Crippen LogP contribution >= 0.6 is 0 Å². The Hall–Kier alpha value is -0.520. The molecule has 1 aliphatic rings. The molecule has 0 atom stereocenters. The molecule has 0 aromatic heterocycles. The number of hydrogen-bond donors (Lipinski definition) is 0. The molecule has 1 aliphatic carbocycles. The van der Waals surface area contributed by atoms with Gasteiger partial charge in [0.15, 0.2) is 0 Å². The van der Waals surface area contributed by atoms with Crippen LogP contribution in [0.1, 0.15) is 51.4 Å². The van der Waals surface area contributed by atoms with E-state index in [1.54, 1.807) is 0 Å². The van der Waals surface area contributed by atoms with E-state index in [-0.39, 0.29) is 0 Å². The highest BCUT2D eigenvalue weighted by molar-refractivity contribution is 4.88. The predicted octanol–water partition coefficient (Wildman–Crippen LogP) is 4.23. The Balaban J connectivity index is 2.19. The zero-order chi connectivity index (χ0) is 8.49. The Morgan fingerprint density at radius 2 is 0.833 bits per heavy atom. The van der Waals surface area contributed by atoms with E-state index in [1.165, 1.54) is 51.4 Å². The van der Waals surface area contributed by atoms with E-state index in [2.05, 4.69) is 24.3 Å². The lowest BCUT2D eigenvalue weighted by Crippen LogP contribution is -1.78. The predicted molar refractivity (Wildman–Crippen MR) is 55.2 cm³/mol. The van der Waals surface area contributed by atoms with Crippen LogP contribution in [0.4, 0.5) is 0 Å². The van der Waals surface area contributed by atoms with Gasteiger partial charge in [-0.2, -0.15) is 0 Å². The standard InChI is InChI=1S/C12H20/c1-2-4-6-8-10-12-11-9-7-5-3-1/h1-2,7,9H,3-6,8,10-12H2/b2-1+,9-7?. The lowest BCUT2D eigenvalue weighted by molar-refractivity contribution is 0.650. The van der Waals surface area contributed by atoms with Gasteiger partial charge < -0.3 is 0 Å². The second kappa shape index (κ2) is 7.15. The van der Waals surface area contributed by atoms with Crippen LogP contribution in [0.15, 0.2) is 24.3 Å². The lowest BCUT2D eigenvalue weighted by atomic mass is 10.1. The molecule has 0 aromatic rings. The van der Waals surface area contributed by atoms with E-state index in [9.17, 15) is 0 Å². The van der Waals surface area contributed by atoms with Crippen molar-refractivity contribution in [2.75, 3.05) is 0 Å². The van der Waals surface area contributed by atoms with Gasteiger partial charge in [0.05, 0.1) is 0 Å². The van der Waals surface area contributed by atoms with Crippen LogP contribution in [-0.4, -0.2) is 0 Å². The van der Waals surface area contributed by atoms with Crippen LogP contribution in [0.25, 0.3) is 0 Å². The van der Waals surface area contributed by atoms with Gasteiger partial charge in [-0.1, -0.05) is 37.1 Å². The molecular weight excluding hydrogens is 144 g/mol. The van der Waals surface area contributed by atoms with Crippen LogP contribution in [0.2, 0.25) is 0 Å². The zero-order valence-corrected chi connectivity index (χ0v) is 7.97. The summed E-state index contributed by atoms with van der Waals surface area (Å²) in [5.74, 6) is 0. The number of allylic oxidation sites excluding steroid dienone is 4. The molecule has 68 valence electrons. The first-order valence-electron chi connectivity index (χ1n) is 5.30. The first-order valence-corrected chi connectivity index (χ1v) is 5.30. The second-order valence-corrected chi connectivity index (χ2v) is 3.51. The second-order valence-electron chi connectivity index (χ2n) is 3.51. The summed E-state index contributed by atoms with van der Waals surface area (Å²) in [4.78, 5) is 0. The van der Waals surface area contributed by atoms with Crippen molar-refractivity contribution in [3.8, 4) is 0 Å². The molecule has 0 saturated carbocycles. The first-order chi connectivity index (χ1) is 6.00. The molecule has 0 nitrogen and oxygen atoms in total. The van der Waals surface area contributed by atoms with Gasteiger partial charge in [-0.3, -0.25) is 0 Å². The van der Waals surface area contributed by atoms with E-state index >= 15 is 0 Å². The molecule has 0 heterocycles. The van der Waals surface area contributed by atoms with Crippen molar-refractivity contribution in [2.45, 2.75) is 51.4 Å². The lowest BCUT2D eigenvalue weighted by Gasteiger charge is -1.98. The van der Waals surface area contributed by atoms with Gasteiger partial charge in [-0.15, -0.1) is 0 Å². The van der Waals surface area contributed by atoms with Gasteiger partial charge in [0.25, 0.3) is 0 Å². The van der Waals surface area contributed by atoms with Crippen molar-refractivity contribution in [3.05, 3.63) is 24.3 Å². The summed E-state index contributed by atoms with van der Waals surface area (Å²) in [6.45, 7) is 0. The summed E-state index contributed by atoms with van der Waals surface area (Å²) in [6, 6.07) is 0. The zero-order valence-electron chi connectivity index (χ0n) is 7.97. The van der Waals surface area contributed by atoms with Gasteiger partial charge in [-0.25, -0.2) is 0 Å². The molecule has 1 rings (SSSR count). The highest BCUT2D eigenvalue weighted by atomic mass is 13.9. The summed E-state index contributed by atoms with van der Waals surface area (Å²) >= 11 is 0. The van der Waals surface area contributed by atoms with Crippen LogP contribution in [0.3, 0.4) is 0 Å². The van der Waals surface area contributed by atoms with Gasteiger partial charge in [-0.05, 0) is 38.5 Å². The Morgan fingerprint density at radius 3 is 1.33 bits per heavy atom. The molecule has 0 heteroatoms. The minimum Gasteiger partial charge on any atom is -0.0885 e. The maximum absolute atomic E-state index is 2.34. The van der Waals surface area contributed by atoms with Gasteiger partial charge in [0.2, 0.25) is 0 Å². The summed E-state index contributed by atoms with van der Waals surface area (Å²) in [7, 11) is 0. The quantitative estimate of drug-likeness (QED) is 0.470. The molecule has 0 spiro atoms. The summed E-state index contributed by atoms with van der Waals surface area (Å²) in [6.07, 6.45) is 20.0. The summed E-state index contributed by atoms with van der Waals surface area (Å²) in [5.41, 5.74) is 0. The Kier molecular flexibility index (Phi) is 5.70. The van der Waals surface area contributed by atoms with Crippen molar-refractivity contribution >= 4 is 0 Å². The Labute approximate surface area is 76.4 Å². The molecule has 0 unspecified atom stereocenters. The van der Waals surface area contributed by atoms with Crippen molar-refractivity contribution in [1.29, 1.82) is 0 Å². The average molecular weight is 164 g/mol. The molecule has 0 amide bonds. The van der Waals surface area contributed by atoms with E-state index < -0.39 is 0 Å². The molecule has 0 N–H and O–H groups in total. The maximum Gasteiger partial charge on any atom is -0.0316 e. The van der Waals surface area contributed by atoms with E-state index in [0.717, 1.165) is 0 Å². The van der Waals surface area contributed by atoms with Crippen LogP contribution in [0.5, 0.6) is 0 Å². The number of rotatable bonds is 0. The molecule has 0 bridgehead atoms. The smallest absolute Gasteiger partial charge is 0.0316 e. The molecule has 12 heavy (non-hydrogen) atoms. The SMILES string of the molecule is C1=CCCCCCC/C=C/CC1. The van der Waals surface area contributed by atoms with Crippen LogP contribution in [-0.2, 0) is 0 Å². The molecule has 0 fully saturated rings. The van der Waals surface area contributed by atoms with E-state index in [0.29, 0.717) is 0 Å². The minimum absolute atomic E-state index is 1.23. The Bertz CT molecular complexity index is 124. The van der Waals surface area contributed by atoms with Gasteiger partial charge in [0.1, 0.15) is 0 Å². The van der Waals surface area contributed by atoms with Gasteiger partial charge >= 0.3 is 0 Å². The molecular formula is C12H20. The monoisotopic (exact) mass is 164 g/mol. The van der Waals surface area contributed by atoms with Crippen LogP contribution in [0, 0.1) is 0 Å². The highest BCUT2D eigenvalue weighted by Gasteiger charge is 1.88. The topological polar surface area (TPSA) is 0 Å². The average Bonchev–Trinajstić information content (AvgIpc) is 2.05. The summed E-state index contributed by atoms with van der Waals surface area (Å²) in [5, 5.41) is 0. The van der Waals surface area contributed by atoms with Crippen molar-refractivity contribution in [2.24, 2.45) is 0 Å².